The highest BCUT2D eigenvalue weighted by molar-refractivity contribution is 7.99. The van der Waals surface area contributed by atoms with Gasteiger partial charge in [-0.1, -0.05) is 11.8 Å². The summed E-state index contributed by atoms with van der Waals surface area (Å²) >= 11 is 1.36. The molecule has 2 rings (SSSR count). The van der Waals surface area contributed by atoms with Crippen molar-refractivity contribution < 1.29 is 14.3 Å². The Morgan fingerprint density at radius 1 is 1.42 bits per heavy atom. The smallest absolute Gasteiger partial charge is 0.255 e. The number of hydrogen-bond donors (Lipinski definition) is 2. The molecule has 0 bridgehead atoms. The second kappa shape index (κ2) is 6.49. The van der Waals surface area contributed by atoms with Crippen molar-refractivity contribution in [3.8, 4) is 5.75 Å². The molecule has 5 nitrogen and oxygen atoms in total. The minimum atomic E-state index is -0.588. The quantitative estimate of drug-likeness (QED) is 0.623. The standard InChI is InChI=1S/C13H16N2O3S/c1-9-6-18-13(15-9)19-8-11(16)7-17-12-4-2-10(14)3-5-12/h2-6,11,16H,7-8,14H2,1H3. The molecule has 1 atom stereocenters. The normalized spacial score (nSPS) is 12.3. The van der Waals surface area contributed by atoms with Gasteiger partial charge in [0.05, 0.1) is 11.8 Å². The van der Waals surface area contributed by atoms with E-state index >= 15 is 0 Å². The summed E-state index contributed by atoms with van der Waals surface area (Å²) < 4.78 is 10.6. The molecule has 0 fully saturated rings. The number of nitrogens with two attached hydrogens (primary N) is 1. The summed E-state index contributed by atoms with van der Waals surface area (Å²) in [7, 11) is 0. The first-order valence-electron chi connectivity index (χ1n) is 5.85. The fourth-order valence-electron chi connectivity index (χ4n) is 1.37. The first-order chi connectivity index (χ1) is 9.13. The Morgan fingerprint density at radius 3 is 2.79 bits per heavy atom. The van der Waals surface area contributed by atoms with Crippen molar-refractivity contribution in [3.63, 3.8) is 0 Å². The first kappa shape index (κ1) is 13.8. The number of hydrogen-bond acceptors (Lipinski definition) is 6. The highest BCUT2D eigenvalue weighted by atomic mass is 32.2. The average molecular weight is 280 g/mol. The summed E-state index contributed by atoms with van der Waals surface area (Å²) in [5.74, 6) is 1.15. The van der Waals surface area contributed by atoms with E-state index in [0.29, 0.717) is 22.4 Å². The SMILES string of the molecule is Cc1coc(SCC(O)COc2ccc(N)cc2)n1. The van der Waals surface area contributed by atoms with Crippen LogP contribution in [0.15, 0.2) is 40.2 Å². The zero-order chi connectivity index (χ0) is 13.7. The van der Waals surface area contributed by atoms with Gasteiger partial charge in [0.2, 0.25) is 0 Å². The number of benzene rings is 1. The number of thioether (sulfide) groups is 1. The third kappa shape index (κ3) is 4.50. The Morgan fingerprint density at radius 2 is 2.16 bits per heavy atom. The van der Waals surface area contributed by atoms with Crippen LogP contribution in [0.3, 0.4) is 0 Å². The third-order valence-corrected chi connectivity index (χ3v) is 3.31. The Balaban J connectivity index is 1.72. The van der Waals surface area contributed by atoms with Crippen LogP contribution in [0.2, 0.25) is 0 Å². The van der Waals surface area contributed by atoms with E-state index in [1.807, 2.05) is 6.92 Å². The van der Waals surface area contributed by atoms with Gasteiger partial charge in [-0.15, -0.1) is 0 Å². The lowest BCUT2D eigenvalue weighted by Crippen LogP contribution is -2.20. The zero-order valence-electron chi connectivity index (χ0n) is 10.6. The Hall–Kier alpha value is -1.66. The molecule has 0 aliphatic heterocycles. The van der Waals surface area contributed by atoms with Crippen molar-refractivity contribution in [3.05, 3.63) is 36.2 Å². The van der Waals surface area contributed by atoms with Crippen LogP contribution in [0.25, 0.3) is 0 Å². The molecular formula is C13H16N2O3S. The molecule has 19 heavy (non-hydrogen) atoms. The molecule has 1 unspecified atom stereocenters. The number of aliphatic hydroxyl groups is 1. The van der Waals surface area contributed by atoms with Gasteiger partial charge < -0.3 is 20.0 Å². The van der Waals surface area contributed by atoms with Crippen LogP contribution >= 0.6 is 11.8 Å². The number of nitrogens with zero attached hydrogens (tertiary/aromatic N) is 1. The minimum Gasteiger partial charge on any atom is -0.491 e. The van der Waals surface area contributed by atoms with E-state index in [9.17, 15) is 5.11 Å². The molecule has 0 saturated heterocycles. The second-order valence-corrected chi connectivity index (χ2v) is 5.07. The summed E-state index contributed by atoms with van der Waals surface area (Å²) in [6, 6.07) is 7.05. The van der Waals surface area contributed by atoms with E-state index < -0.39 is 6.10 Å². The van der Waals surface area contributed by atoms with Gasteiger partial charge >= 0.3 is 0 Å². The number of aryl methyl sites for hydroxylation is 1. The third-order valence-electron chi connectivity index (χ3n) is 2.32. The Kier molecular flexibility index (Phi) is 4.70. The molecule has 1 aromatic heterocycles. The fraction of sp³-hybridized carbons (Fsp3) is 0.308. The van der Waals surface area contributed by atoms with Crippen LogP contribution in [-0.2, 0) is 0 Å². The topological polar surface area (TPSA) is 81.5 Å². The highest BCUT2D eigenvalue weighted by Gasteiger charge is 2.09. The number of ether oxygens (including phenoxy) is 1. The monoisotopic (exact) mass is 280 g/mol. The molecule has 102 valence electrons. The molecule has 1 heterocycles. The van der Waals surface area contributed by atoms with Crippen molar-refractivity contribution in [1.29, 1.82) is 0 Å². The van der Waals surface area contributed by atoms with Crippen LogP contribution in [0.1, 0.15) is 5.69 Å². The van der Waals surface area contributed by atoms with Gasteiger partial charge in [-0.25, -0.2) is 4.98 Å². The van der Waals surface area contributed by atoms with Gasteiger partial charge in [0.15, 0.2) is 0 Å². The van der Waals surface area contributed by atoms with Gasteiger partial charge in [0, 0.05) is 11.4 Å². The molecule has 0 spiro atoms. The van der Waals surface area contributed by atoms with E-state index in [0.717, 1.165) is 5.69 Å². The van der Waals surface area contributed by atoms with E-state index in [4.69, 9.17) is 14.9 Å². The predicted octanol–water partition coefficient (Wildman–Crippen LogP) is 2.10. The molecule has 1 aromatic carbocycles. The summed E-state index contributed by atoms with van der Waals surface area (Å²) in [5, 5.41) is 10.4. The number of anilines is 1. The second-order valence-electron chi connectivity index (χ2n) is 4.10. The van der Waals surface area contributed by atoms with Gasteiger partial charge in [0.1, 0.15) is 18.6 Å². The molecule has 0 aliphatic carbocycles. The van der Waals surface area contributed by atoms with Crippen molar-refractivity contribution >= 4 is 17.4 Å². The minimum absolute atomic E-state index is 0.219. The maximum absolute atomic E-state index is 9.79. The van der Waals surface area contributed by atoms with Crippen LogP contribution in [0.5, 0.6) is 5.75 Å². The van der Waals surface area contributed by atoms with E-state index in [1.54, 1.807) is 30.5 Å². The number of rotatable bonds is 6. The number of aromatic nitrogens is 1. The number of oxazole rings is 1. The Labute approximate surface area is 115 Å². The van der Waals surface area contributed by atoms with Crippen LogP contribution < -0.4 is 10.5 Å². The van der Waals surface area contributed by atoms with Gasteiger partial charge in [-0.3, -0.25) is 0 Å². The summed E-state index contributed by atoms with van der Waals surface area (Å²) in [6.45, 7) is 2.07. The van der Waals surface area contributed by atoms with Crippen LogP contribution in [0, 0.1) is 6.92 Å². The lowest BCUT2D eigenvalue weighted by Gasteiger charge is -2.11. The van der Waals surface area contributed by atoms with Gasteiger partial charge in [-0.05, 0) is 31.2 Å². The molecule has 2 aromatic rings. The molecule has 3 N–H and O–H groups in total. The lowest BCUT2D eigenvalue weighted by molar-refractivity contribution is 0.126. The highest BCUT2D eigenvalue weighted by Crippen LogP contribution is 2.18. The van der Waals surface area contributed by atoms with E-state index in [1.165, 1.54) is 11.8 Å². The van der Waals surface area contributed by atoms with Crippen LogP contribution in [-0.4, -0.2) is 28.6 Å². The maximum Gasteiger partial charge on any atom is 0.255 e. The van der Waals surface area contributed by atoms with Crippen molar-refractivity contribution in [2.24, 2.45) is 0 Å². The largest absolute Gasteiger partial charge is 0.491 e. The van der Waals surface area contributed by atoms with Gasteiger partial charge in [0.25, 0.3) is 5.22 Å². The van der Waals surface area contributed by atoms with E-state index in [-0.39, 0.29) is 6.61 Å². The molecular weight excluding hydrogens is 264 g/mol. The van der Waals surface area contributed by atoms with E-state index in [2.05, 4.69) is 4.98 Å². The molecule has 0 saturated carbocycles. The predicted molar refractivity (Wildman–Crippen MR) is 74.3 cm³/mol. The zero-order valence-corrected chi connectivity index (χ0v) is 11.4. The van der Waals surface area contributed by atoms with Crippen molar-refractivity contribution in [2.75, 3.05) is 18.1 Å². The average Bonchev–Trinajstić information content (AvgIpc) is 2.81. The summed E-state index contributed by atoms with van der Waals surface area (Å²) in [6.07, 6.45) is 0.995. The maximum atomic E-state index is 9.79. The number of aliphatic hydroxyl groups excluding tert-OH is 1. The summed E-state index contributed by atoms with van der Waals surface area (Å²) in [5.41, 5.74) is 7.08. The molecule has 6 heteroatoms. The number of nitrogen functional groups attached to an aromatic ring is 1. The summed E-state index contributed by atoms with van der Waals surface area (Å²) in [4.78, 5) is 4.14. The van der Waals surface area contributed by atoms with Crippen LogP contribution in [0.4, 0.5) is 5.69 Å². The molecule has 0 radical (unpaired) electrons. The first-order valence-corrected chi connectivity index (χ1v) is 6.83. The van der Waals surface area contributed by atoms with Crippen molar-refractivity contribution in [2.45, 2.75) is 18.3 Å². The Bertz CT molecular complexity index is 513. The van der Waals surface area contributed by atoms with Crippen molar-refractivity contribution in [1.82, 2.24) is 4.98 Å². The van der Waals surface area contributed by atoms with Gasteiger partial charge in [-0.2, -0.15) is 0 Å². The molecule has 0 aliphatic rings. The molecule has 0 amide bonds. The lowest BCUT2D eigenvalue weighted by atomic mass is 10.3. The fourth-order valence-corrected chi connectivity index (χ4v) is 2.13.